The lowest BCUT2D eigenvalue weighted by Gasteiger charge is -2.19. The van der Waals surface area contributed by atoms with E-state index >= 15 is 0 Å². The number of fused-ring (bicyclic) bond motifs is 1. The Morgan fingerprint density at radius 3 is 2.77 bits per heavy atom. The molecule has 0 bridgehead atoms. The van der Waals surface area contributed by atoms with Crippen LogP contribution in [0.25, 0.3) is 0 Å². The summed E-state index contributed by atoms with van der Waals surface area (Å²) in [4.78, 5) is 19.8. The SMILES string of the molecule is CCOC(C)c1ncc(C(=O)N2CC[C@@H]3CNC[C@@H]3CC2)s1. The highest BCUT2D eigenvalue weighted by molar-refractivity contribution is 7.13. The van der Waals surface area contributed by atoms with E-state index in [-0.39, 0.29) is 12.0 Å². The Hall–Kier alpha value is -0.980. The molecule has 0 saturated carbocycles. The lowest BCUT2D eigenvalue weighted by molar-refractivity contribution is 0.0760. The molecule has 0 spiro atoms. The van der Waals surface area contributed by atoms with Crippen molar-refractivity contribution in [3.63, 3.8) is 0 Å². The van der Waals surface area contributed by atoms with Crippen LogP contribution in [-0.4, -0.2) is 48.6 Å². The van der Waals surface area contributed by atoms with Crippen molar-refractivity contribution in [2.45, 2.75) is 32.8 Å². The normalized spacial score (nSPS) is 26.5. The molecular weight excluding hydrogens is 298 g/mol. The van der Waals surface area contributed by atoms with Gasteiger partial charge in [0.05, 0.1) is 6.20 Å². The van der Waals surface area contributed by atoms with E-state index in [0.29, 0.717) is 6.61 Å². The van der Waals surface area contributed by atoms with Crippen LogP contribution in [0.1, 0.15) is 47.5 Å². The van der Waals surface area contributed by atoms with Gasteiger partial charge in [-0.2, -0.15) is 0 Å². The number of likely N-dealkylation sites (tertiary alicyclic amines) is 1. The number of aromatic nitrogens is 1. The first kappa shape index (κ1) is 15.9. The smallest absolute Gasteiger partial charge is 0.265 e. The predicted octanol–water partition coefficient (Wildman–Crippen LogP) is 2.31. The van der Waals surface area contributed by atoms with Crippen molar-refractivity contribution in [1.29, 1.82) is 0 Å². The Balaban J connectivity index is 1.63. The largest absolute Gasteiger partial charge is 0.372 e. The molecule has 2 aliphatic rings. The molecule has 1 aromatic heterocycles. The zero-order valence-corrected chi connectivity index (χ0v) is 14.2. The van der Waals surface area contributed by atoms with Crippen molar-refractivity contribution in [3.05, 3.63) is 16.1 Å². The molecule has 3 atom stereocenters. The Morgan fingerprint density at radius 2 is 2.14 bits per heavy atom. The first-order valence-electron chi connectivity index (χ1n) is 8.26. The van der Waals surface area contributed by atoms with Gasteiger partial charge in [-0.3, -0.25) is 4.79 Å². The Bertz CT molecular complexity index is 505. The Morgan fingerprint density at radius 1 is 1.45 bits per heavy atom. The van der Waals surface area contributed by atoms with Gasteiger partial charge in [-0.15, -0.1) is 11.3 Å². The van der Waals surface area contributed by atoms with E-state index < -0.39 is 0 Å². The summed E-state index contributed by atoms with van der Waals surface area (Å²) in [6, 6.07) is 0. The van der Waals surface area contributed by atoms with Gasteiger partial charge >= 0.3 is 0 Å². The van der Waals surface area contributed by atoms with Gasteiger partial charge in [0.1, 0.15) is 16.0 Å². The van der Waals surface area contributed by atoms with Crippen LogP contribution >= 0.6 is 11.3 Å². The Labute approximate surface area is 136 Å². The standard InChI is InChI=1S/C16H25N3O2S/c1-3-21-11(2)15-18-10-14(22-15)16(20)19-6-4-12-8-17-9-13(12)5-7-19/h10-13,17H,3-9H2,1-2H3/t11?,12-,13+. The average Bonchev–Trinajstić information content (AvgIpc) is 3.13. The molecule has 2 aliphatic heterocycles. The molecule has 5 nitrogen and oxygen atoms in total. The van der Waals surface area contributed by atoms with Gasteiger partial charge in [0.25, 0.3) is 5.91 Å². The molecule has 3 rings (SSSR count). The van der Waals surface area contributed by atoms with Gasteiger partial charge in [0.15, 0.2) is 0 Å². The van der Waals surface area contributed by atoms with Gasteiger partial charge in [0.2, 0.25) is 0 Å². The second kappa shape index (κ2) is 7.06. The number of hydrogen-bond acceptors (Lipinski definition) is 5. The van der Waals surface area contributed by atoms with Crippen LogP contribution in [0.5, 0.6) is 0 Å². The van der Waals surface area contributed by atoms with E-state index in [4.69, 9.17) is 4.74 Å². The maximum absolute atomic E-state index is 12.7. The topological polar surface area (TPSA) is 54.5 Å². The van der Waals surface area contributed by atoms with Crippen molar-refractivity contribution >= 4 is 17.2 Å². The predicted molar refractivity (Wildman–Crippen MR) is 87.1 cm³/mol. The summed E-state index contributed by atoms with van der Waals surface area (Å²) in [6.45, 7) is 8.58. The van der Waals surface area contributed by atoms with Crippen LogP contribution in [0.15, 0.2) is 6.20 Å². The van der Waals surface area contributed by atoms with Crippen LogP contribution in [0, 0.1) is 11.8 Å². The molecule has 1 unspecified atom stereocenters. The third-order valence-electron chi connectivity index (χ3n) is 4.81. The number of amides is 1. The van der Waals surface area contributed by atoms with Crippen LogP contribution in [0.2, 0.25) is 0 Å². The second-order valence-corrected chi connectivity index (χ2v) is 7.27. The molecule has 122 valence electrons. The lowest BCUT2D eigenvalue weighted by Crippen LogP contribution is -2.32. The number of carbonyl (C=O) groups is 1. The van der Waals surface area contributed by atoms with E-state index in [9.17, 15) is 4.79 Å². The van der Waals surface area contributed by atoms with E-state index in [2.05, 4.69) is 10.3 Å². The fraction of sp³-hybridized carbons (Fsp3) is 0.750. The van der Waals surface area contributed by atoms with Crippen LogP contribution in [-0.2, 0) is 4.74 Å². The van der Waals surface area contributed by atoms with Gasteiger partial charge in [-0.25, -0.2) is 4.98 Å². The highest BCUT2D eigenvalue weighted by atomic mass is 32.1. The molecule has 2 fully saturated rings. The summed E-state index contributed by atoms with van der Waals surface area (Å²) in [6.07, 6.45) is 3.91. The molecule has 0 radical (unpaired) electrons. The summed E-state index contributed by atoms with van der Waals surface area (Å²) in [7, 11) is 0. The molecule has 0 aromatic carbocycles. The third kappa shape index (κ3) is 3.34. The van der Waals surface area contributed by atoms with Gasteiger partial charge < -0.3 is 15.0 Å². The fourth-order valence-corrected chi connectivity index (χ4v) is 4.36. The number of hydrogen-bond donors (Lipinski definition) is 1. The van der Waals surface area contributed by atoms with Crippen molar-refractivity contribution < 1.29 is 9.53 Å². The molecule has 3 heterocycles. The molecule has 22 heavy (non-hydrogen) atoms. The van der Waals surface area contributed by atoms with E-state index in [1.807, 2.05) is 18.7 Å². The van der Waals surface area contributed by atoms with Gasteiger partial charge in [-0.05, 0) is 51.6 Å². The maximum atomic E-state index is 12.7. The fourth-order valence-electron chi connectivity index (χ4n) is 3.47. The summed E-state index contributed by atoms with van der Waals surface area (Å²) < 4.78 is 5.55. The van der Waals surface area contributed by atoms with Crippen LogP contribution in [0.3, 0.4) is 0 Å². The zero-order chi connectivity index (χ0) is 15.5. The minimum atomic E-state index is -0.0360. The summed E-state index contributed by atoms with van der Waals surface area (Å²) in [5.74, 6) is 1.63. The number of rotatable bonds is 4. The van der Waals surface area contributed by atoms with E-state index in [1.165, 1.54) is 11.3 Å². The van der Waals surface area contributed by atoms with Crippen LogP contribution < -0.4 is 5.32 Å². The van der Waals surface area contributed by atoms with Crippen molar-refractivity contribution in [3.8, 4) is 0 Å². The van der Waals surface area contributed by atoms with Gasteiger partial charge in [0, 0.05) is 19.7 Å². The highest BCUT2D eigenvalue weighted by Gasteiger charge is 2.32. The average molecular weight is 323 g/mol. The first-order chi connectivity index (χ1) is 10.7. The first-order valence-corrected chi connectivity index (χ1v) is 9.08. The van der Waals surface area contributed by atoms with Gasteiger partial charge in [-0.1, -0.05) is 0 Å². The molecule has 2 saturated heterocycles. The number of carbonyl (C=O) groups excluding carboxylic acids is 1. The number of ether oxygens (including phenoxy) is 1. The molecule has 6 heteroatoms. The summed E-state index contributed by atoms with van der Waals surface area (Å²) >= 11 is 1.47. The molecule has 1 N–H and O–H groups in total. The molecule has 0 aliphatic carbocycles. The lowest BCUT2D eigenvalue weighted by atomic mass is 9.92. The number of nitrogens with zero attached hydrogens (tertiary/aromatic N) is 2. The van der Waals surface area contributed by atoms with E-state index in [1.54, 1.807) is 6.20 Å². The zero-order valence-electron chi connectivity index (χ0n) is 13.4. The summed E-state index contributed by atoms with van der Waals surface area (Å²) in [5.41, 5.74) is 0. The quantitative estimate of drug-likeness (QED) is 0.924. The van der Waals surface area contributed by atoms with Crippen molar-refractivity contribution in [2.24, 2.45) is 11.8 Å². The highest BCUT2D eigenvalue weighted by Crippen LogP contribution is 2.29. The third-order valence-corrected chi connectivity index (χ3v) is 5.95. The van der Waals surface area contributed by atoms with Crippen molar-refractivity contribution in [1.82, 2.24) is 15.2 Å². The minimum Gasteiger partial charge on any atom is -0.372 e. The maximum Gasteiger partial charge on any atom is 0.265 e. The Kier molecular flexibility index (Phi) is 5.10. The number of nitrogens with one attached hydrogen (secondary N) is 1. The minimum absolute atomic E-state index is 0.0360. The molecular formula is C16H25N3O2S. The van der Waals surface area contributed by atoms with E-state index in [0.717, 1.165) is 60.7 Å². The van der Waals surface area contributed by atoms with Crippen molar-refractivity contribution in [2.75, 3.05) is 32.8 Å². The monoisotopic (exact) mass is 323 g/mol. The molecule has 1 amide bonds. The summed E-state index contributed by atoms with van der Waals surface area (Å²) in [5, 5.41) is 4.36. The molecule has 1 aromatic rings. The second-order valence-electron chi connectivity index (χ2n) is 6.21. The number of thiazole rings is 1. The van der Waals surface area contributed by atoms with Crippen LogP contribution in [0.4, 0.5) is 0 Å².